The van der Waals surface area contributed by atoms with Gasteiger partial charge in [0.25, 0.3) is 0 Å². The number of carbonyl (C=O) groups is 1. The molecule has 0 bridgehead atoms. The van der Waals surface area contributed by atoms with Crippen molar-refractivity contribution in [3.8, 4) is 5.75 Å². The number of ether oxygens (including phenoxy) is 1. The summed E-state index contributed by atoms with van der Waals surface area (Å²) >= 11 is 0. The van der Waals surface area contributed by atoms with Crippen molar-refractivity contribution in [3.05, 3.63) is 29.8 Å². The van der Waals surface area contributed by atoms with Gasteiger partial charge in [0.2, 0.25) is 0 Å². The molecule has 0 radical (unpaired) electrons. The van der Waals surface area contributed by atoms with E-state index in [1.54, 1.807) is 0 Å². The maximum Gasteiger partial charge on any atom is 0.167 e. The molecular formula is C16H25NO2. The van der Waals surface area contributed by atoms with Crippen molar-refractivity contribution in [2.75, 3.05) is 6.54 Å². The van der Waals surface area contributed by atoms with Gasteiger partial charge in [-0.2, -0.15) is 0 Å². The predicted molar refractivity (Wildman–Crippen MR) is 78.9 cm³/mol. The van der Waals surface area contributed by atoms with Gasteiger partial charge in [-0.05, 0) is 46.8 Å². The van der Waals surface area contributed by atoms with Crippen LogP contribution in [-0.4, -0.2) is 24.0 Å². The van der Waals surface area contributed by atoms with E-state index in [2.05, 4.69) is 26.1 Å². The van der Waals surface area contributed by atoms with Crippen molar-refractivity contribution >= 4 is 5.78 Å². The third kappa shape index (κ3) is 5.88. The molecule has 19 heavy (non-hydrogen) atoms. The van der Waals surface area contributed by atoms with Gasteiger partial charge in [0.1, 0.15) is 5.75 Å². The molecule has 0 aromatic heterocycles. The first-order valence-electron chi connectivity index (χ1n) is 6.83. The summed E-state index contributed by atoms with van der Waals surface area (Å²) in [5.74, 6) is 0.797. The quantitative estimate of drug-likeness (QED) is 0.799. The summed E-state index contributed by atoms with van der Waals surface area (Å²) in [6.45, 7) is 10.9. The van der Waals surface area contributed by atoms with E-state index < -0.39 is 0 Å². The molecule has 0 amide bonds. The van der Waals surface area contributed by atoms with Gasteiger partial charge in [-0.1, -0.05) is 12.1 Å². The van der Waals surface area contributed by atoms with Crippen LogP contribution >= 0.6 is 0 Å². The fourth-order valence-corrected chi connectivity index (χ4v) is 1.74. The van der Waals surface area contributed by atoms with E-state index in [4.69, 9.17) is 4.74 Å². The van der Waals surface area contributed by atoms with Crippen LogP contribution in [-0.2, 0) is 0 Å². The average molecular weight is 263 g/mol. The standard InChI is InChI=1S/C16H25NO2/c1-12(2)19-15-9-7-6-8-13(15)14(18)10-11-17-16(3,4)5/h6-9,12,17H,10-11H2,1-5H3. The lowest BCUT2D eigenvalue weighted by Gasteiger charge is -2.20. The van der Waals surface area contributed by atoms with Crippen LogP contribution < -0.4 is 10.1 Å². The van der Waals surface area contributed by atoms with Crippen LogP contribution in [0, 0.1) is 0 Å². The molecule has 0 aliphatic carbocycles. The zero-order valence-electron chi connectivity index (χ0n) is 12.6. The number of rotatable bonds is 6. The van der Waals surface area contributed by atoms with Crippen LogP contribution in [0.3, 0.4) is 0 Å². The molecule has 0 saturated heterocycles. The number of Topliss-reactive ketones (excluding diaryl/α,β-unsaturated/α-hetero) is 1. The third-order valence-electron chi connectivity index (χ3n) is 2.56. The molecule has 0 saturated carbocycles. The number of ketones is 1. The Bertz CT molecular complexity index is 419. The second kappa shape index (κ2) is 6.71. The van der Waals surface area contributed by atoms with E-state index in [0.717, 1.165) is 0 Å². The SMILES string of the molecule is CC(C)Oc1ccccc1C(=O)CCNC(C)(C)C. The lowest BCUT2D eigenvalue weighted by atomic mass is 10.1. The maximum atomic E-state index is 12.2. The number of hydrogen-bond donors (Lipinski definition) is 1. The summed E-state index contributed by atoms with van der Waals surface area (Å²) in [6, 6.07) is 7.45. The van der Waals surface area contributed by atoms with Gasteiger partial charge in [-0.25, -0.2) is 0 Å². The molecule has 0 aliphatic rings. The first-order chi connectivity index (χ1) is 8.79. The number of para-hydroxylation sites is 1. The molecule has 1 rings (SSSR count). The largest absolute Gasteiger partial charge is 0.490 e. The van der Waals surface area contributed by atoms with Crippen LogP contribution in [0.15, 0.2) is 24.3 Å². The zero-order valence-corrected chi connectivity index (χ0v) is 12.6. The van der Waals surface area contributed by atoms with E-state index in [9.17, 15) is 4.79 Å². The Balaban J connectivity index is 2.66. The van der Waals surface area contributed by atoms with Gasteiger partial charge >= 0.3 is 0 Å². The molecule has 106 valence electrons. The Morgan fingerprint density at radius 2 is 1.89 bits per heavy atom. The van der Waals surface area contributed by atoms with E-state index >= 15 is 0 Å². The van der Waals surface area contributed by atoms with Gasteiger partial charge < -0.3 is 10.1 Å². The Morgan fingerprint density at radius 1 is 1.26 bits per heavy atom. The normalized spacial score (nSPS) is 11.7. The van der Waals surface area contributed by atoms with Crippen molar-refractivity contribution < 1.29 is 9.53 Å². The second-order valence-electron chi connectivity index (χ2n) is 6.01. The number of nitrogens with one attached hydrogen (secondary N) is 1. The molecule has 1 N–H and O–H groups in total. The summed E-state index contributed by atoms with van der Waals surface area (Å²) in [5.41, 5.74) is 0.709. The maximum absolute atomic E-state index is 12.2. The Hall–Kier alpha value is -1.35. The number of benzene rings is 1. The molecule has 3 nitrogen and oxygen atoms in total. The zero-order chi connectivity index (χ0) is 14.5. The summed E-state index contributed by atoms with van der Waals surface area (Å²) in [4.78, 5) is 12.2. The Labute approximate surface area is 116 Å². The monoisotopic (exact) mass is 263 g/mol. The minimum Gasteiger partial charge on any atom is -0.490 e. The van der Waals surface area contributed by atoms with Crippen LogP contribution in [0.5, 0.6) is 5.75 Å². The fourth-order valence-electron chi connectivity index (χ4n) is 1.74. The number of carbonyl (C=O) groups excluding carboxylic acids is 1. The van der Waals surface area contributed by atoms with E-state index in [0.29, 0.717) is 24.3 Å². The van der Waals surface area contributed by atoms with Crippen molar-refractivity contribution in [2.45, 2.75) is 52.7 Å². The average Bonchev–Trinajstić information content (AvgIpc) is 2.27. The van der Waals surface area contributed by atoms with Gasteiger partial charge in [-0.3, -0.25) is 4.79 Å². The fraction of sp³-hybridized carbons (Fsp3) is 0.562. The van der Waals surface area contributed by atoms with E-state index in [1.807, 2.05) is 38.1 Å². The molecule has 0 aliphatic heterocycles. The molecule has 1 aromatic rings. The smallest absolute Gasteiger partial charge is 0.167 e. The first kappa shape index (κ1) is 15.7. The summed E-state index contributed by atoms with van der Waals surface area (Å²) in [5, 5.41) is 3.32. The van der Waals surface area contributed by atoms with Gasteiger partial charge in [0.15, 0.2) is 5.78 Å². The summed E-state index contributed by atoms with van der Waals surface area (Å²) < 4.78 is 5.67. The highest BCUT2D eigenvalue weighted by Gasteiger charge is 2.14. The van der Waals surface area contributed by atoms with Gasteiger partial charge in [0, 0.05) is 18.5 Å². The van der Waals surface area contributed by atoms with Gasteiger partial charge in [-0.15, -0.1) is 0 Å². The predicted octanol–water partition coefficient (Wildman–Crippen LogP) is 3.43. The van der Waals surface area contributed by atoms with Crippen LogP contribution in [0.2, 0.25) is 0 Å². The minimum atomic E-state index is 0.0359. The van der Waals surface area contributed by atoms with Crippen LogP contribution in [0.1, 0.15) is 51.4 Å². The lowest BCUT2D eigenvalue weighted by Crippen LogP contribution is -2.37. The second-order valence-corrected chi connectivity index (χ2v) is 6.01. The van der Waals surface area contributed by atoms with Gasteiger partial charge in [0.05, 0.1) is 11.7 Å². The van der Waals surface area contributed by atoms with E-state index in [-0.39, 0.29) is 17.4 Å². The molecule has 0 heterocycles. The number of hydrogen-bond acceptors (Lipinski definition) is 3. The molecular weight excluding hydrogens is 238 g/mol. The molecule has 0 fully saturated rings. The lowest BCUT2D eigenvalue weighted by molar-refractivity contribution is 0.0975. The summed E-state index contributed by atoms with van der Waals surface area (Å²) in [6.07, 6.45) is 0.553. The van der Waals surface area contributed by atoms with Crippen LogP contribution in [0.4, 0.5) is 0 Å². The van der Waals surface area contributed by atoms with Crippen molar-refractivity contribution in [2.24, 2.45) is 0 Å². The minimum absolute atomic E-state index is 0.0359. The molecule has 0 atom stereocenters. The molecule has 3 heteroatoms. The first-order valence-corrected chi connectivity index (χ1v) is 6.83. The van der Waals surface area contributed by atoms with Crippen molar-refractivity contribution in [3.63, 3.8) is 0 Å². The summed E-state index contributed by atoms with van der Waals surface area (Å²) in [7, 11) is 0. The molecule has 1 aromatic carbocycles. The Kier molecular flexibility index (Phi) is 5.55. The Morgan fingerprint density at radius 3 is 2.47 bits per heavy atom. The molecule has 0 unspecified atom stereocenters. The van der Waals surface area contributed by atoms with Crippen molar-refractivity contribution in [1.82, 2.24) is 5.32 Å². The highest BCUT2D eigenvalue weighted by Crippen LogP contribution is 2.20. The highest BCUT2D eigenvalue weighted by molar-refractivity contribution is 5.98. The third-order valence-corrected chi connectivity index (χ3v) is 2.56. The topological polar surface area (TPSA) is 38.3 Å². The van der Waals surface area contributed by atoms with E-state index in [1.165, 1.54) is 0 Å². The van der Waals surface area contributed by atoms with Crippen LogP contribution in [0.25, 0.3) is 0 Å². The molecule has 0 spiro atoms. The highest BCUT2D eigenvalue weighted by atomic mass is 16.5. The van der Waals surface area contributed by atoms with Crippen molar-refractivity contribution in [1.29, 1.82) is 0 Å².